The Morgan fingerprint density at radius 1 is 1.00 bits per heavy atom. The van der Waals surface area contributed by atoms with E-state index in [1.807, 2.05) is 0 Å². The highest BCUT2D eigenvalue weighted by atomic mass is 28.4. The predicted molar refractivity (Wildman–Crippen MR) is 119 cm³/mol. The first kappa shape index (κ1) is 23.9. The minimum atomic E-state index is -1.64. The molecular weight excluding hydrogens is 334 g/mol. The van der Waals surface area contributed by atoms with Crippen molar-refractivity contribution in [2.24, 2.45) is 5.92 Å². The van der Waals surface area contributed by atoms with Gasteiger partial charge in [-0.15, -0.1) is 0 Å². The molecule has 0 radical (unpaired) electrons. The van der Waals surface area contributed by atoms with Crippen LogP contribution in [0.5, 0.6) is 0 Å². The molecule has 0 unspecified atom stereocenters. The summed E-state index contributed by atoms with van der Waals surface area (Å²) in [6, 6.07) is 0.568. The van der Waals surface area contributed by atoms with Crippen molar-refractivity contribution in [3.05, 3.63) is 11.1 Å². The summed E-state index contributed by atoms with van der Waals surface area (Å²) < 4.78 is 6.42. The van der Waals surface area contributed by atoms with Crippen molar-refractivity contribution in [2.45, 2.75) is 117 Å². The van der Waals surface area contributed by atoms with E-state index in [9.17, 15) is 0 Å². The average Bonchev–Trinajstić information content (AvgIpc) is 2.60. The van der Waals surface area contributed by atoms with Crippen LogP contribution in [0.1, 0.15) is 92.9 Å². The Labute approximate surface area is 165 Å². The van der Waals surface area contributed by atoms with Crippen LogP contribution >= 0.6 is 0 Å². The van der Waals surface area contributed by atoms with Crippen LogP contribution in [0.4, 0.5) is 0 Å². The minimum Gasteiger partial charge on any atom is -0.416 e. The maximum atomic E-state index is 6.42. The summed E-state index contributed by atoms with van der Waals surface area (Å²) in [5, 5.41) is 4.25. The van der Waals surface area contributed by atoms with Gasteiger partial charge in [0.15, 0.2) is 8.32 Å². The largest absolute Gasteiger partial charge is 0.416 e. The van der Waals surface area contributed by atoms with Crippen molar-refractivity contribution in [3.63, 3.8) is 0 Å². The lowest BCUT2D eigenvalue weighted by Crippen LogP contribution is -2.45. The normalized spacial score (nSPS) is 18.0. The summed E-state index contributed by atoms with van der Waals surface area (Å²) in [5.41, 5.74) is 3.38. The van der Waals surface area contributed by atoms with Crippen LogP contribution in [0.15, 0.2) is 11.1 Å². The Morgan fingerprint density at radius 2 is 1.58 bits per heavy atom. The summed E-state index contributed by atoms with van der Waals surface area (Å²) in [4.78, 5) is 0. The fourth-order valence-electron chi connectivity index (χ4n) is 4.17. The van der Waals surface area contributed by atoms with Crippen molar-refractivity contribution in [1.82, 2.24) is 5.32 Å². The van der Waals surface area contributed by atoms with Gasteiger partial charge in [0.05, 0.1) is 0 Å². The third kappa shape index (κ3) is 6.80. The van der Waals surface area contributed by atoms with E-state index >= 15 is 0 Å². The Morgan fingerprint density at radius 3 is 2.04 bits per heavy atom. The van der Waals surface area contributed by atoms with Crippen molar-refractivity contribution in [1.29, 1.82) is 0 Å². The van der Waals surface area contributed by atoms with Crippen LogP contribution in [-0.4, -0.2) is 27.5 Å². The van der Waals surface area contributed by atoms with Crippen LogP contribution in [0, 0.1) is 5.92 Å². The summed E-state index contributed by atoms with van der Waals surface area (Å²) in [5.74, 6) is 0.819. The lowest BCUT2D eigenvalue weighted by Gasteiger charge is -2.37. The number of rotatable bonds is 10. The van der Waals surface area contributed by atoms with E-state index in [0.29, 0.717) is 11.1 Å². The second kappa shape index (κ2) is 11.0. The quantitative estimate of drug-likeness (QED) is 0.248. The molecule has 1 fully saturated rings. The second-order valence-electron chi connectivity index (χ2n) is 9.63. The van der Waals surface area contributed by atoms with Gasteiger partial charge < -0.3 is 9.74 Å². The highest BCUT2D eigenvalue weighted by molar-refractivity contribution is 6.74. The van der Waals surface area contributed by atoms with E-state index in [4.69, 9.17) is 4.43 Å². The summed E-state index contributed by atoms with van der Waals surface area (Å²) in [6.45, 7) is 20.5. The van der Waals surface area contributed by atoms with Gasteiger partial charge in [-0.05, 0) is 56.2 Å². The zero-order chi connectivity index (χ0) is 19.8. The van der Waals surface area contributed by atoms with E-state index in [-0.39, 0.29) is 0 Å². The molecule has 26 heavy (non-hydrogen) atoms. The first-order chi connectivity index (χ1) is 12.2. The third-order valence-electron chi connectivity index (χ3n) is 6.92. The second-order valence-corrected chi connectivity index (χ2v) is 14.4. The Balaban J connectivity index is 2.79. The highest BCUT2D eigenvalue weighted by Gasteiger charge is 2.37. The summed E-state index contributed by atoms with van der Waals surface area (Å²) >= 11 is 0. The highest BCUT2D eigenvalue weighted by Crippen LogP contribution is 2.36. The number of nitrogens with one attached hydrogen (secondary N) is 1. The molecule has 0 heterocycles. The minimum absolute atomic E-state index is 0.293. The SMILES string of the molecule is CCC(CC)=C(CC)[C@@H](NCCO[Si](C)(C)C(C)(C)C)C1CCCCC1. The molecule has 0 aromatic carbocycles. The molecule has 1 aliphatic rings. The standard InChI is InChI=1S/C23H47NOSi/c1-9-19(10-2)21(11-3)22(20-15-13-12-14-16-20)24-17-18-25-26(7,8)23(4,5)6/h20,22,24H,9-18H2,1-8H3/t22-/m0/s1. The maximum absolute atomic E-state index is 6.42. The van der Waals surface area contributed by atoms with Crippen LogP contribution in [-0.2, 0) is 4.43 Å². The average molecular weight is 382 g/mol. The molecule has 0 aromatic heterocycles. The molecule has 1 atom stereocenters. The molecular formula is C23H47NOSi. The van der Waals surface area contributed by atoms with Gasteiger partial charge in [0.2, 0.25) is 0 Å². The predicted octanol–water partition coefficient (Wildman–Crippen LogP) is 7.07. The van der Waals surface area contributed by atoms with E-state index in [0.717, 1.165) is 19.1 Å². The van der Waals surface area contributed by atoms with Crippen LogP contribution < -0.4 is 5.32 Å². The molecule has 0 aliphatic heterocycles. The molecule has 2 nitrogen and oxygen atoms in total. The zero-order valence-corrected chi connectivity index (χ0v) is 20.1. The molecule has 1 saturated carbocycles. The van der Waals surface area contributed by atoms with Gasteiger partial charge in [0, 0.05) is 19.2 Å². The molecule has 0 bridgehead atoms. The molecule has 154 valence electrons. The zero-order valence-electron chi connectivity index (χ0n) is 19.1. The number of hydrogen-bond acceptors (Lipinski definition) is 2. The number of hydrogen-bond donors (Lipinski definition) is 1. The van der Waals surface area contributed by atoms with Gasteiger partial charge in [-0.25, -0.2) is 0 Å². The molecule has 0 saturated heterocycles. The topological polar surface area (TPSA) is 21.3 Å². The van der Waals surface area contributed by atoms with Crippen molar-refractivity contribution >= 4 is 8.32 Å². The first-order valence-corrected chi connectivity index (χ1v) is 14.2. The maximum Gasteiger partial charge on any atom is 0.192 e. The Bertz CT molecular complexity index is 424. The van der Waals surface area contributed by atoms with Crippen molar-refractivity contribution in [2.75, 3.05) is 13.2 Å². The lowest BCUT2D eigenvalue weighted by molar-refractivity contribution is 0.250. The van der Waals surface area contributed by atoms with Crippen molar-refractivity contribution in [3.8, 4) is 0 Å². The van der Waals surface area contributed by atoms with E-state index in [2.05, 4.69) is 60.0 Å². The first-order valence-electron chi connectivity index (χ1n) is 11.3. The number of allylic oxidation sites excluding steroid dienone is 1. The molecule has 1 rings (SSSR count). The van der Waals surface area contributed by atoms with Crippen LogP contribution in [0.3, 0.4) is 0 Å². The molecule has 0 spiro atoms. The van der Waals surface area contributed by atoms with Gasteiger partial charge in [-0.1, -0.05) is 72.0 Å². The van der Waals surface area contributed by atoms with Crippen molar-refractivity contribution < 1.29 is 4.43 Å². The fraction of sp³-hybridized carbons (Fsp3) is 0.913. The van der Waals surface area contributed by atoms with Gasteiger partial charge in [0.1, 0.15) is 0 Å². The van der Waals surface area contributed by atoms with Gasteiger partial charge in [-0.2, -0.15) is 0 Å². The van der Waals surface area contributed by atoms with Gasteiger partial charge in [0.25, 0.3) is 0 Å². The monoisotopic (exact) mass is 381 g/mol. The third-order valence-corrected chi connectivity index (χ3v) is 11.5. The molecule has 3 heteroatoms. The summed E-state index contributed by atoms with van der Waals surface area (Å²) in [7, 11) is -1.64. The van der Waals surface area contributed by atoms with Gasteiger partial charge >= 0.3 is 0 Å². The fourth-order valence-corrected chi connectivity index (χ4v) is 5.22. The molecule has 0 aromatic rings. The Hall–Kier alpha value is -0.123. The molecule has 1 aliphatic carbocycles. The Kier molecular flexibility index (Phi) is 10.1. The molecule has 0 amide bonds. The summed E-state index contributed by atoms with van der Waals surface area (Å²) in [6.07, 6.45) is 10.6. The van der Waals surface area contributed by atoms with Crippen LogP contribution in [0.2, 0.25) is 18.1 Å². The van der Waals surface area contributed by atoms with E-state index < -0.39 is 8.32 Å². The lowest BCUT2D eigenvalue weighted by atomic mass is 9.78. The smallest absolute Gasteiger partial charge is 0.192 e. The molecule has 1 N–H and O–H groups in total. The van der Waals surface area contributed by atoms with Gasteiger partial charge in [-0.3, -0.25) is 0 Å². The van der Waals surface area contributed by atoms with E-state index in [1.54, 1.807) is 11.1 Å². The van der Waals surface area contributed by atoms with Crippen LogP contribution in [0.25, 0.3) is 0 Å². The van der Waals surface area contributed by atoms with E-state index in [1.165, 1.54) is 51.4 Å².